The Morgan fingerprint density at radius 1 is 1.25 bits per heavy atom. The average molecular weight is 416 g/mol. The lowest BCUT2D eigenvalue weighted by molar-refractivity contribution is 0.356. The summed E-state index contributed by atoms with van der Waals surface area (Å²) in [7, 11) is -3.55. The third kappa shape index (κ3) is 3.47. The van der Waals surface area contributed by atoms with E-state index >= 15 is 0 Å². The van der Waals surface area contributed by atoms with Crippen LogP contribution in [0.25, 0.3) is 10.6 Å². The predicted octanol–water partition coefficient (Wildman–Crippen LogP) is 3.40. The molecular weight excluding hydrogens is 394 g/mol. The third-order valence-corrected chi connectivity index (χ3v) is 7.52. The van der Waals surface area contributed by atoms with Crippen molar-refractivity contribution in [3.63, 3.8) is 0 Å². The molecule has 1 saturated carbocycles. The molecule has 0 atom stereocenters. The molecular formula is C20H21N3O3S2. The molecule has 1 aromatic carbocycles. The molecule has 0 saturated heterocycles. The summed E-state index contributed by atoms with van der Waals surface area (Å²) in [5, 5.41) is 6.77. The molecule has 3 aromatic rings. The van der Waals surface area contributed by atoms with Crippen LogP contribution in [0.2, 0.25) is 0 Å². The van der Waals surface area contributed by atoms with E-state index < -0.39 is 10.0 Å². The molecule has 0 amide bonds. The van der Waals surface area contributed by atoms with Crippen LogP contribution in [0.1, 0.15) is 30.0 Å². The minimum absolute atomic E-state index is 0.291. The van der Waals surface area contributed by atoms with Gasteiger partial charge in [-0.05, 0) is 54.1 Å². The molecule has 0 radical (unpaired) electrons. The first kappa shape index (κ1) is 17.9. The predicted molar refractivity (Wildman–Crippen MR) is 108 cm³/mol. The molecule has 5 rings (SSSR count). The van der Waals surface area contributed by atoms with Crippen LogP contribution < -0.4 is 9.46 Å². The number of aromatic nitrogens is 2. The molecule has 0 spiro atoms. The zero-order chi connectivity index (χ0) is 19.1. The highest BCUT2D eigenvalue weighted by Gasteiger charge is 2.28. The fraction of sp³-hybridized carbons (Fsp3) is 0.350. The summed E-state index contributed by atoms with van der Waals surface area (Å²) in [4.78, 5) is 1.43. The standard InChI is InChI=1S/C20H21N3O3S2/c24-28(25,16-5-6-19-15(12-16)7-10-26-19)21-8-9-23-18(14-3-4-14)13-17(22-23)20-2-1-11-27-20/h1-2,5-6,11-14,21H,3-4,7-10H2. The molecule has 6 nitrogen and oxygen atoms in total. The Bertz CT molecular complexity index is 1100. The van der Waals surface area contributed by atoms with Gasteiger partial charge in [0.25, 0.3) is 0 Å². The van der Waals surface area contributed by atoms with E-state index in [1.165, 1.54) is 18.5 Å². The van der Waals surface area contributed by atoms with Gasteiger partial charge in [0, 0.05) is 24.6 Å². The number of hydrogen-bond acceptors (Lipinski definition) is 5. The number of nitrogens with zero attached hydrogens (tertiary/aromatic N) is 2. The summed E-state index contributed by atoms with van der Waals surface area (Å²) in [5.41, 5.74) is 3.13. The van der Waals surface area contributed by atoms with Crippen molar-refractivity contribution in [2.45, 2.75) is 36.6 Å². The number of hydrogen-bond donors (Lipinski definition) is 1. The van der Waals surface area contributed by atoms with Gasteiger partial charge in [0.15, 0.2) is 0 Å². The van der Waals surface area contributed by atoms with Crippen LogP contribution >= 0.6 is 11.3 Å². The maximum Gasteiger partial charge on any atom is 0.240 e. The lowest BCUT2D eigenvalue weighted by Crippen LogP contribution is -2.28. The topological polar surface area (TPSA) is 73.2 Å². The van der Waals surface area contributed by atoms with E-state index in [4.69, 9.17) is 9.84 Å². The fourth-order valence-corrected chi connectivity index (χ4v) is 5.31. The highest BCUT2D eigenvalue weighted by atomic mass is 32.2. The molecule has 2 aromatic heterocycles. The van der Waals surface area contributed by atoms with Crippen molar-refractivity contribution >= 4 is 21.4 Å². The van der Waals surface area contributed by atoms with Gasteiger partial charge in [0.05, 0.1) is 22.9 Å². The first-order chi connectivity index (χ1) is 13.6. The Kier molecular flexibility index (Phi) is 4.49. The van der Waals surface area contributed by atoms with Gasteiger partial charge >= 0.3 is 0 Å². The van der Waals surface area contributed by atoms with Gasteiger partial charge in [-0.15, -0.1) is 11.3 Å². The van der Waals surface area contributed by atoms with Crippen molar-refractivity contribution < 1.29 is 13.2 Å². The third-order valence-electron chi connectivity index (χ3n) is 5.17. The molecule has 146 valence electrons. The maximum atomic E-state index is 12.7. The Morgan fingerprint density at radius 2 is 2.14 bits per heavy atom. The van der Waals surface area contributed by atoms with Crippen LogP contribution in [0, 0.1) is 0 Å². The van der Waals surface area contributed by atoms with Crippen molar-refractivity contribution in [2.24, 2.45) is 0 Å². The normalized spacial score (nSPS) is 16.1. The minimum atomic E-state index is -3.55. The van der Waals surface area contributed by atoms with Crippen LogP contribution in [-0.4, -0.2) is 31.3 Å². The smallest absolute Gasteiger partial charge is 0.240 e. The number of benzene rings is 1. The van der Waals surface area contributed by atoms with E-state index in [-0.39, 0.29) is 0 Å². The fourth-order valence-electron chi connectivity index (χ4n) is 3.56. The van der Waals surface area contributed by atoms with Crippen molar-refractivity contribution in [2.75, 3.05) is 13.2 Å². The van der Waals surface area contributed by atoms with E-state index in [9.17, 15) is 8.42 Å². The second-order valence-electron chi connectivity index (χ2n) is 7.19. The summed E-state index contributed by atoms with van der Waals surface area (Å²) in [6, 6.07) is 11.3. The molecule has 0 bridgehead atoms. The van der Waals surface area contributed by atoms with Gasteiger partial charge in [-0.1, -0.05) is 6.07 Å². The Morgan fingerprint density at radius 3 is 2.93 bits per heavy atom. The van der Waals surface area contributed by atoms with Crippen molar-refractivity contribution in [1.82, 2.24) is 14.5 Å². The van der Waals surface area contributed by atoms with E-state index in [1.54, 1.807) is 29.5 Å². The molecule has 2 aliphatic rings. The Balaban J connectivity index is 1.30. The van der Waals surface area contributed by atoms with Gasteiger partial charge in [-0.3, -0.25) is 4.68 Å². The van der Waals surface area contributed by atoms with Gasteiger partial charge < -0.3 is 4.74 Å². The minimum Gasteiger partial charge on any atom is -0.493 e. The van der Waals surface area contributed by atoms with E-state index in [1.807, 2.05) is 16.1 Å². The van der Waals surface area contributed by atoms with Gasteiger partial charge in [-0.2, -0.15) is 5.10 Å². The summed E-state index contributed by atoms with van der Waals surface area (Å²) in [6.45, 7) is 1.44. The molecule has 1 N–H and O–H groups in total. The lowest BCUT2D eigenvalue weighted by Gasteiger charge is -2.10. The van der Waals surface area contributed by atoms with Crippen molar-refractivity contribution in [3.8, 4) is 16.3 Å². The lowest BCUT2D eigenvalue weighted by atomic mass is 10.2. The van der Waals surface area contributed by atoms with Crippen LogP contribution in [0.4, 0.5) is 0 Å². The quantitative estimate of drug-likeness (QED) is 0.642. The zero-order valence-corrected chi connectivity index (χ0v) is 16.9. The zero-order valence-electron chi connectivity index (χ0n) is 15.3. The highest BCUT2D eigenvalue weighted by Crippen LogP contribution is 2.41. The Hall–Kier alpha value is -2.16. The molecule has 3 heterocycles. The van der Waals surface area contributed by atoms with Gasteiger partial charge in [0.2, 0.25) is 10.0 Å². The number of thiophene rings is 1. The first-order valence-corrected chi connectivity index (χ1v) is 11.8. The summed E-state index contributed by atoms with van der Waals surface area (Å²) in [6.07, 6.45) is 3.11. The van der Waals surface area contributed by atoms with Crippen LogP contribution in [0.5, 0.6) is 5.75 Å². The van der Waals surface area contributed by atoms with Gasteiger partial charge in [0.1, 0.15) is 11.4 Å². The monoisotopic (exact) mass is 415 g/mol. The number of rotatable bonds is 7. The van der Waals surface area contributed by atoms with E-state index in [2.05, 4.69) is 16.9 Å². The molecule has 8 heteroatoms. The summed E-state index contributed by atoms with van der Waals surface area (Å²) in [5.74, 6) is 1.33. The summed E-state index contributed by atoms with van der Waals surface area (Å²) < 4.78 is 35.5. The molecule has 28 heavy (non-hydrogen) atoms. The second-order valence-corrected chi connectivity index (χ2v) is 9.91. The van der Waals surface area contributed by atoms with Crippen molar-refractivity contribution in [3.05, 3.63) is 53.0 Å². The SMILES string of the molecule is O=S(=O)(NCCn1nc(-c2cccs2)cc1C1CC1)c1ccc2c(c1)CCO2. The first-order valence-electron chi connectivity index (χ1n) is 9.47. The molecule has 1 fully saturated rings. The van der Waals surface area contributed by atoms with E-state index in [0.717, 1.165) is 28.3 Å². The average Bonchev–Trinajstić information content (AvgIpc) is 3.11. The van der Waals surface area contributed by atoms with Gasteiger partial charge in [-0.25, -0.2) is 13.1 Å². The molecule has 1 aliphatic heterocycles. The number of fused-ring (bicyclic) bond motifs is 1. The van der Waals surface area contributed by atoms with Crippen LogP contribution in [0.3, 0.4) is 0 Å². The second kappa shape index (κ2) is 7.02. The number of sulfonamides is 1. The highest BCUT2D eigenvalue weighted by molar-refractivity contribution is 7.89. The molecule has 1 aliphatic carbocycles. The Labute approximate surface area is 168 Å². The summed E-state index contributed by atoms with van der Waals surface area (Å²) >= 11 is 1.67. The van der Waals surface area contributed by atoms with Crippen LogP contribution in [-0.2, 0) is 23.0 Å². The maximum absolute atomic E-state index is 12.7. The van der Waals surface area contributed by atoms with E-state index in [0.29, 0.717) is 30.5 Å². The number of ether oxygens (including phenoxy) is 1. The largest absolute Gasteiger partial charge is 0.493 e. The number of nitrogens with one attached hydrogen (secondary N) is 1. The molecule has 0 unspecified atom stereocenters. The van der Waals surface area contributed by atoms with Crippen LogP contribution in [0.15, 0.2) is 46.7 Å². The van der Waals surface area contributed by atoms with Crippen molar-refractivity contribution in [1.29, 1.82) is 0 Å².